The van der Waals surface area contributed by atoms with Crippen LogP contribution in [0.4, 0.5) is 5.69 Å². The molecule has 2 aromatic rings. The molecule has 0 saturated carbocycles. The smallest absolute Gasteiger partial charge is 0.266 e. The molecular formula is C18H15BrN2O4. The van der Waals surface area contributed by atoms with E-state index in [9.17, 15) is 15.2 Å². The molecule has 0 fully saturated rings. The normalized spacial score (nSPS) is 10.7. The van der Waals surface area contributed by atoms with E-state index in [0.717, 1.165) is 0 Å². The number of phenols is 1. The van der Waals surface area contributed by atoms with Gasteiger partial charge < -0.3 is 19.9 Å². The first-order valence-corrected chi connectivity index (χ1v) is 7.91. The Kier molecular flexibility index (Phi) is 6.03. The molecule has 25 heavy (non-hydrogen) atoms. The Morgan fingerprint density at radius 1 is 1.24 bits per heavy atom. The molecule has 0 spiro atoms. The monoisotopic (exact) mass is 402 g/mol. The number of carbonyl (C=O) groups excluding carboxylic acids is 1. The van der Waals surface area contributed by atoms with Gasteiger partial charge in [0.25, 0.3) is 5.91 Å². The molecule has 0 aliphatic carbocycles. The van der Waals surface area contributed by atoms with E-state index in [1.54, 1.807) is 37.4 Å². The molecule has 0 atom stereocenters. The first-order valence-electron chi connectivity index (χ1n) is 7.12. The van der Waals surface area contributed by atoms with E-state index in [1.165, 1.54) is 19.3 Å². The summed E-state index contributed by atoms with van der Waals surface area (Å²) in [6.07, 6.45) is 1.41. The van der Waals surface area contributed by atoms with Gasteiger partial charge in [-0.1, -0.05) is 0 Å². The average Bonchev–Trinajstić information content (AvgIpc) is 2.62. The fourth-order valence-corrected chi connectivity index (χ4v) is 2.48. The van der Waals surface area contributed by atoms with E-state index in [1.807, 2.05) is 6.07 Å². The number of nitrogens with zero attached hydrogens (tertiary/aromatic N) is 1. The minimum Gasteiger partial charge on any atom is -0.503 e. The molecular weight excluding hydrogens is 388 g/mol. The lowest BCUT2D eigenvalue weighted by atomic mass is 10.1. The number of amides is 1. The van der Waals surface area contributed by atoms with Crippen molar-refractivity contribution in [2.75, 3.05) is 19.5 Å². The lowest BCUT2D eigenvalue weighted by molar-refractivity contribution is -0.112. The Morgan fingerprint density at radius 2 is 1.92 bits per heavy atom. The van der Waals surface area contributed by atoms with Crippen LogP contribution in [0.1, 0.15) is 5.56 Å². The van der Waals surface area contributed by atoms with Crippen LogP contribution in [0.2, 0.25) is 0 Å². The summed E-state index contributed by atoms with van der Waals surface area (Å²) in [5.41, 5.74) is 0.981. The molecule has 0 aromatic heterocycles. The van der Waals surface area contributed by atoms with E-state index in [4.69, 9.17) is 9.47 Å². The first kappa shape index (κ1) is 18.4. The van der Waals surface area contributed by atoms with Crippen LogP contribution in [-0.4, -0.2) is 25.2 Å². The highest BCUT2D eigenvalue weighted by molar-refractivity contribution is 9.10. The van der Waals surface area contributed by atoms with Crippen LogP contribution in [0.5, 0.6) is 17.2 Å². The van der Waals surface area contributed by atoms with Crippen LogP contribution in [0.15, 0.2) is 46.4 Å². The average molecular weight is 403 g/mol. The van der Waals surface area contributed by atoms with E-state index >= 15 is 0 Å². The summed E-state index contributed by atoms with van der Waals surface area (Å²) in [6.45, 7) is 0. The molecule has 0 unspecified atom stereocenters. The second kappa shape index (κ2) is 8.22. The molecule has 0 bridgehead atoms. The lowest BCUT2D eigenvalue weighted by Gasteiger charge is -2.08. The molecule has 0 radical (unpaired) electrons. The van der Waals surface area contributed by atoms with Gasteiger partial charge in [0, 0.05) is 5.69 Å². The predicted molar refractivity (Wildman–Crippen MR) is 97.6 cm³/mol. The molecule has 0 aliphatic rings. The number of ether oxygens (including phenoxy) is 2. The SMILES string of the molecule is COc1ccc(NC(=O)C(C#N)=Cc2cc(Br)c(O)c(OC)c2)cc1. The van der Waals surface area contributed by atoms with Crippen molar-refractivity contribution in [3.8, 4) is 23.3 Å². The summed E-state index contributed by atoms with van der Waals surface area (Å²) in [6, 6.07) is 11.7. The molecule has 7 heteroatoms. The van der Waals surface area contributed by atoms with Crippen molar-refractivity contribution >= 4 is 33.6 Å². The zero-order valence-corrected chi connectivity index (χ0v) is 15.1. The Morgan fingerprint density at radius 3 is 2.48 bits per heavy atom. The standard InChI is InChI=1S/C18H15BrN2O4/c1-24-14-5-3-13(4-6-14)21-18(23)12(10-20)7-11-8-15(19)17(22)16(9-11)25-2/h3-9,22H,1-2H3,(H,21,23). The second-order valence-electron chi connectivity index (χ2n) is 4.91. The van der Waals surface area contributed by atoms with Gasteiger partial charge in [0.15, 0.2) is 11.5 Å². The zero-order valence-electron chi connectivity index (χ0n) is 13.5. The van der Waals surface area contributed by atoms with Gasteiger partial charge >= 0.3 is 0 Å². The van der Waals surface area contributed by atoms with Crippen molar-refractivity contribution in [3.63, 3.8) is 0 Å². The van der Waals surface area contributed by atoms with Gasteiger partial charge in [-0.2, -0.15) is 5.26 Å². The topological polar surface area (TPSA) is 91.6 Å². The van der Waals surface area contributed by atoms with Crippen LogP contribution in [0.25, 0.3) is 6.08 Å². The second-order valence-corrected chi connectivity index (χ2v) is 5.76. The van der Waals surface area contributed by atoms with Crippen molar-refractivity contribution in [1.29, 1.82) is 5.26 Å². The highest BCUT2D eigenvalue weighted by Crippen LogP contribution is 2.35. The van der Waals surface area contributed by atoms with Crippen molar-refractivity contribution in [2.45, 2.75) is 0 Å². The number of halogens is 1. The number of aromatic hydroxyl groups is 1. The number of rotatable bonds is 5. The maximum Gasteiger partial charge on any atom is 0.266 e. The number of nitriles is 1. The van der Waals surface area contributed by atoms with Gasteiger partial charge in [-0.05, 0) is 64.0 Å². The fourth-order valence-electron chi connectivity index (χ4n) is 2.02. The molecule has 2 rings (SSSR count). The number of hydrogen-bond acceptors (Lipinski definition) is 5. The third-order valence-electron chi connectivity index (χ3n) is 3.29. The molecule has 1 amide bonds. The maximum atomic E-state index is 12.3. The van der Waals surface area contributed by atoms with Crippen molar-refractivity contribution in [2.24, 2.45) is 0 Å². The summed E-state index contributed by atoms with van der Waals surface area (Å²) >= 11 is 3.20. The highest BCUT2D eigenvalue weighted by Gasteiger charge is 2.12. The summed E-state index contributed by atoms with van der Waals surface area (Å²) in [4.78, 5) is 12.3. The van der Waals surface area contributed by atoms with Gasteiger partial charge in [-0.15, -0.1) is 0 Å². The van der Waals surface area contributed by atoms with Crippen LogP contribution in [-0.2, 0) is 4.79 Å². The first-order chi connectivity index (χ1) is 12.0. The Bertz CT molecular complexity index is 855. The number of benzene rings is 2. The molecule has 2 N–H and O–H groups in total. The summed E-state index contributed by atoms with van der Waals surface area (Å²) < 4.78 is 10.5. The van der Waals surface area contributed by atoms with Crippen LogP contribution < -0.4 is 14.8 Å². The van der Waals surface area contributed by atoms with Gasteiger partial charge in [0.1, 0.15) is 17.4 Å². The van der Waals surface area contributed by atoms with Crippen LogP contribution >= 0.6 is 15.9 Å². The fraction of sp³-hybridized carbons (Fsp3) is 0.111. The van der Waals surface area contributed by atoms with Crippen LogP contribution in [0.3, 0.4) is 0 Å². The maximum absolute atomic E-state index is 12.3. The third kappa shape index (κ3) is 4.52. The number of methoxy groups -OCH3 is 2. The summed E-state index contributed by atoms with van der Waals surface area (Å²) in [5.74, 6) is 0.292. The number of nitrogens with one attached hydrogen (secondary N) is 1. The van der Waals surface area contributed by atoms with E-state index < -0.39 is 5.91 Å². The largest absolute Gasteiger partial charge is 0.503 e. The van der Waals surface area contributed by atoms with E-state index in [-0.39, 0.29) is 17.1 Å². The van der Waals surface area contributed by atoms with Gasteiger partial charge in [-0.25, -0.2) is 0 Å². The number of hydrogen-bond donors (Lipinski definition) is 2. The van der Waals surface area contributed by atoms with Gasteiger partial charge in [-0.3, -0.25) is 4.79 Å². The Labute approximate surface area is 153 Å². The predicted octanol–water partition coefficient (Wildman–Crippen LogP) is 3.72. The molecule has 0 aliphatic heterocycles. The molecule has 6 nitrogen and oxygen atoms in total. The van der Waals surface area contributed by atoms with E-state index in [0.29, 0.717) is 21.5 Å². The van der Waals surface area contributed by atoms with Gasteiger partial charge in [0.2, 0.25) is 0 Å². The molecule has 0 heterocycles. The number of phenolic OH excluding ortho intramolecular Hbond substituents is 1. The van der Waals surface area contributed by atoms with Crippen LogP contribution in [0, 0.1) is 11.3 Å². The van der Waals surface area contributed by atoms with Crippen molar-refractivity contribution in [3.05, 3.63) is 52.0 Å². The highest BCUT2D eigenvalue weighted by atomic mass is 79.9. The molecule has 128 valence electrons. The quantitative estimate of drug-likeness (QED) is 0.587. The minimum absolute atomic E-state index is 0.0548. The van der Waals surface area contributed by atoms with Crippen molar-refractivity contribution in [1.82, 2.24) is 0 Å². The summed E-state index contributed by atoms with van der Waals surface area (Å²) in [5, 5.41) is 21.7. The number of carbonyl (C=O) groups is 1. The Hall–Kier alpha value is -2.98. The zero-order chi connectivity index (χ0) is 18.4. The molecule has 2 aromatic carbocycles. The number of anilines is 1. The lowest BCUT2D eigenvalue weighted by Crippen LogP contribution is -2.13. The van der Waals surface area contributed by atoms with E-state index in [2.05, 4.69) is 21.2 Å². The summed E-state index contributed by atoms with van der Waals surface area (Å²) in [7, 11) is 2.96. The minimum atomic E-state index is -0.546. The Balaban J connectivity index is 2.26. The third-order valence-corrected chi connectivity index (χ3v) is 3.90. The van der Waals surface area contributed by atoms with Crippen molar-refractivity contribution < 1.29 is 19.4 Å². The molecule has 0 saturated heterocycles. The van der Waals surface area contributed by atoms with Gasteiger partial charge in [0.05, 0.1) is 18.7 Å².